The van der Waals surface area contributed by atoms with Crippen LogP contribution in [0.15, 0.2) is 16.5 Å². The van der Waals surface area contributed by atoms with Gasteiger partial charge in [0.1, 0.15) is 14.9 Å². The molecular weight excluding hydrogens is 230 g/mol. The number of hydrogen-bond acceptors (Lipinski definition) is 5. The van der Waals surface area contributed by atoms with Crippen molar-refractivity contribution in [2.24, 2.45) is 0 Å². The second-order valence-electron chi connectivity index (χ2n) is 2.22. The summed E-state index contributed by atoms with van der Waals surface area (Å²) in [4.78, 5) is 15.0. The maximum Gasteiger partial charge on any atom is 0.325 e. The summed E-state index contributed by atoms with van der Waals surface area (Å²) >= 11 is 8.12. The van der Waals surface area contributed by atoms with Gasteiger partial charge in [0.15, 0.2) is 0 Å². The Kier molecular flexibility index (Phi) is 2.43. The van der Waals surface area contributed by atoms with E-state index < -0.39 is 0 Å². The van der Waals surface area contributed by atoms with Gasteiger partial charge in [0.25, 0.3) is 0 Å². The maximum atomic E-state index is 11.1. The molecule has 0 amide bonds. The SMILES string of the molecule is O=c1scnn1Cc1ncc(Cl)s1. The standard InChI is InChI=1S/C6H4ClN3OS2/c7-4-1-8-5(13-4)2-10-6(11)12-3-9-10/h1,3H,2H2. The Balaban J connectivity index is 2.24. The molecule has 2 aromatic rings. The first-order chi connectivity index (χ1) is 6.25. The van der Waals surface area contributed by atoms with Crippen molar-refractivity contribution in [1.82, 2.24) is 14.8 Å². The molecule has 4 nitrogen and oxygen atoms in total. The van der Waals surface area contributed by atoms with E-state index in [4.69, 9.17) is 11.6 Å². The van der Waals surface area contributed by atoms with Crippen molar-refractivity contribution in [3.8, 4) is 0 Å². The highest BCUT2D eigenvalue weighted by molar-refractivity contribution is 7.15. The molecule has 0 N–H and O–H groups in total. The van der Waals surface area contributed by atoms with E-state index in [1.807, 2.05) is 0 Å². The molecule has 0 bridgehead atoms. The minimum atomic E-state index is -0.0775. The normalized spacial score (nSPS) is 10.5. The Labute approximate surface area is 86.4 Å². The quantitative estimate of drug-likeness (QED) is 0.789. The van der Waals surface area contributed by atoms with Gasteiger partial charge < -0.3 is 0 Å². The first kappa shape index (κ1) is 8.86. The molecular formula is C6H4ClN3OS2. The van der Waals surface area contributed by atoms with Crippen molar-refractivity contribution in [2.45, 2.75) is 6.54 Å². The summed E-state index contributed by atoms with van der Waals surface area (Å²) in [5.41, 5.74) is 1.51. The van der Waals surface area contributed by atoms with Crippen LogP contribution in [0.25, 0.3) is 0 Å². The van der Waals surface area contributed by atoms with E-state index in [0.717, 1.165) is 16.3 Å². The lowest BCUT2D eigenvalue weighted by Crippen LogP contribution is -2.15. The molecule has 0 atom stereocenters. The molecule has 7 heteroatoms. The maximum absolute atomic E-state index is 11.1. The molecule has 0 spiro atoms. The van der Waals surface area contributed by atoms with Gasteiger partial charge in [-0.3, -0.25) is 4.79 Å². The van der Waals surface area contributed by atoms with E-state index in [1.165, 1.54) is 21.5 Å². The molecule has 0 unspecified atom stereocenters. The van der Waals surface area contributed by atoms with Gasteiger partial charge in [0.05, 0.1) is 12.7 Å². The van der Waals surface area contributed by atoms with Gasteiger partial charge >= 0.3 is 4.87 Å². The average molecular weight is 234 g/mol. The number of rotatable bonds is 2. The molecule has 2 heterocycles. The fourth-order valence-corrected chi connectivity index (χ4v) is 2.25. The molecule has 0 radical (unpaired) electrons. The fraction of sp³-hybridized carbons (Fsp3) is 0.167. The molecule has 0 saturated heterocycles. The molecule has 0 aromatic carbocycles. The zero-order chi connectivity index (χ0) is 9.26. The third-order valence-corrected chi connectivity index (χ3v) is 3.07. The van der Waals surface area contributed by atoms with Gasteiger partial charge in [0.2, 0.25) is 0 Å². The van der Waals surface area contributed by atoms with Crippen molar-refractivity contribution < 1.29 is 0 Å². The van der Waals surface area contributed by atoms with Crippen LogP contribution >= 0.6 is 34.3 Å². The molecule has 13 heavy (non-hydrogen) atoms. The smallest absolute Gasteiger partial charge is 0.255 e. The van der Waals surface area contributed by atoms with Gasteiger partial charge in [-0.15, -0.1) is 11.3 Å². The van der Waals surface area contributed by atoms with Gasteiger partial charge in [-0.2, -0.15) is 5.10 Å². The van der Waals surface area contributed by atoms with E-state index in [0.29, 0.717) is 10.9 Å². The predicted molar refractivity (Wildman–Crippen MR) is 52.6 cm³/mol. The Bertz CT molecular complexity index is 460. The molecule has 2 aromatic heterocycles. The number of aromatic nitrogens is 3. The first-order valence-corrected chi connectivity index (χ1v) is 5.44. The second kappa shape index (κ2) is 3.57. The van der Waals surface area contributed by atoms with Crippen molar-refractivity contribution >= 4 is 34.3 Å². The first-order valence-electron chi connectivity index (χ1n) is 3.36. The van der Waals surface area contributed by atoms with Gasteiger partial charge in [-0.05, 0) is 0 Å². The topological polar surface area (TPSA) is 47.8 Å². The van der Waals surface area contributed by atoms with Crippen molar-refractivity contribution in [3.63, 3.8) is 0 Å². The van der Waals surface area contributed by atoms with Gasteiger partial charge in [-0.25, -0.2) is 9.67 Å². The summed E-state index contributed by atoms with van der Waals surface area (Å²) in [5.74, 6) is 0. The summed E-state index contributed by atoms with van der Waals surface area (Å²) in [6.45, 7) is 0.403. The Morgan fingerprint density at radius 3 is 3.00 bits per heavy atom. The number of hydrogen-bond donors (Lipinski definition) is 0. The predicted octanol–water partition coefficient (Wildman–Crippen LogP) is 1.46. The van der Waals surface area contributed by atoms with Crippen LogP contribution < -0.4 is 4.87 Å². The van der Waals surface area contributed by atoms with Crippen LogP contribution in [0.1, 0.15) is 5.01 Å². The lowest BCUT2D eigenvalue weighted by molar-refractivity contribution is 0.663. The summed E-state index contributed by atoms with van der Waals surface area (Å²) < 4.78 is 1.98. The van der Waals surface area contributed by atoms with Crippen LogP contribution in [0.2, 0.25) is 4.34 Å². The molecule has 68 valence electrons. The fourth-order valence-electron chi connectivity index (χ4n) is 0.828. The number of thiazole rings is 1. The number of halogens is 1. The van der Waals surface area contributed by atoms with Crippen LogP contribution in [0.3, 0.4) is 0 Å². The van der Waals surface area contributed by atoms with E-state index in [1.54, 1.807) is 6.20 Å². The highest BCUT2D eigenvalue weighted by atomic mass is 35.5. The van der Waals surface area contributed by atoms with Crippen LogP contribution in [0.5, 0.6) is 0 Å². The molecule has 0 fully saturated rings. The van der Waals surface area contributed by atoms with Crippen LogP contribution in [-0.4, -0.2) is 14.8 Å². The largest absolute Gasteiger partial charge is 0.325 e. The minimum Gasteiger partial charge on any atom is -0.255 e. The highest BCUT2D eigenvalue weighted by Gasteiger charge is 2.03. The van der Waals surface area contributed by atoms with Gasteiger partial charge in [-0.1, -0.05) is 22.9 Å². The molecule has 0 aliphatic carbocycles. The molecule has 0 aliphatic heterocycles. The molecule has 2 rings (SSSR count). The van der Waals surface area contributed by atoms with Crippen LogP contribution in [0.4, 0.5) is 0 Å². The summed E-state index contributed by atoms with van der Waals surface area (Å²) in [5, 5.41) is 4.66. The second-order valence-corrected chi connectivity index (χ2v) is 4.76. The van der Waals surface area contributed by atoms with E-state index in [2.05, 4.69) is 10.1 Å². The van der Waals surface area contributed by atoms with E-state index in [9.17, 15) is 4.79 Å². The van der Waals surface area contributed by atoms with Gasteiger partial charge in [0, 0.05) is 0 Å². The third-order valence-electron chi connectivity index (χ3n) is 1.36. The lowest BCUT2D eigenvalue weighted by atomic mass is 10.7. The lowest BCUT2D eigenvalue weighted by Gasteiger charge is -1.92. The van der Waals surface area contributed by atoms with Crippen molar-refractivity contribution in [3.05, 3.63) is 30.7 Å². The van der Waals surface area contributed by atoms with Crippen molar-refractivity contribution in [1.29, 1.82) is 0 Å². The Morgan fingerprint density at radius 2 is 2.46 bits per heavy atom. The Morgan fingerprint density at radius 1 is 1.62 bits per heavy atom. The van der Waals surface area contributed by atoms with Crippen molar-refractivity contribution in [2.75, 3.05) is 0 Å². The Hall–Kier alpha value is -0.720. The van der Waals surface area contributed by atoms with Crippen LogP contribution in [-0.2, 0) is 6.54 Å². The monoisotopic (exact) mass is 233 g/mol. The van der Waals surface area contributed by atoms with E-state index in [-0.39, 0.29) is 4.87 Å². The summed E-state index contributed by atoms with van der Waals surface area (Å²) in [7, 11) is 0. The van der Waals surface area contributed by atoms with Crippen LogP contribution in [0, 0.1) is 0 Å². The minimum absolute atomic E-state index is 0.0775. The number of nitrogens with zero attached hydrogens (tertiary/aromatic N) is 3. The summed E-state index contributed by atoms with van der Waals surface area (Å²) in [6, 6.07) is 0. The zero-order valence-corrected chi connectivity index (χ0v) is 8.70. The van der Waals surface area contributed by atoms with E-state index >= 15 is 0 Å². The average Bonchev–Trinajstić information content (AvgIpc) is 2.64. The zero-order valence-electron chi connectivity index (χ0n) is 6.31. The highest BCUT2D eigenvalue weighted by Crippen LogP contribution is 2.18. The third kappa shape index (κ3) is 1.96. The molecule has 0 aliphatic rings. The molecule has 0 saturated carbocycles. The summed E-state index contributed by atoms with van der Waals surface area (Å²) in [6.07, 6.45) is 1.57.